The van der Waals surface area contributed by atoms with Crippen molar-refractivity contribution in [3.05, 3.63) is 40.6 Å². The van der Waals surface area contributed by atoms with E-state index in [-0.39, 0.29) is 16.8 Å². The molecular weight excluding hydrogens is 340 g/mol. The van der Waals surface area contributed by atoms with Crippen LogP contribution in [-0.4, -0.2) is 30.3 Å². The molecule has 0 aliphatic carbocycles. The van der Waals surface area contributed by atoms with E-state index in [1.807, 2.05) is 31.2 Å². The van der Waals surface area contributed by atoms with E-state index < -0.39 is 5.91 Å². The molecule has 2 heterocycles. The number of carbonyl (C=O) groups excluding carboxylic acids is 1. The summed E-state index contributed by atoms with van der Waals surface area (Å²) in [6.45, 7) is 2.88. The molecule has 6 nitrogen and oxygen atoms in total. The van der Waals surface area contributed by atoms with Crippen LogP contribution in [0.1, 0.15) is 37.9 Å². The fraction of sp³-hybridized carbons (Fsp3) is 0.444. The van der Waals surface area contributed by atoms with Crippen molar-refractivity contribution in [3.8, 4) is 0 Å². The van der Waals surface area contributed by atoms with Crippen LogP contribution in [0.3, 0.4) is 0 Å². The number of halogens is 1. The number of hydrogen-bond acceptors (Lipinski definition) is 5. The van der Waals surface area contributed by atoms with Gasteiger partial charge in [-0.25, -0.2) is 0 Å². The highest BCUT2D eigenvalue weighted by molar-refractivity contribution is 6.60. The quantitative estimate of drug-likeness (QED) is 0.584. The van der Waals surface area contributed by atoms with Gasteiger partial charge in [0, 0.05) is 24.0 Å². The molecule has 25 heavy (non-hydrogen) atoms. The summed E-state index contributed by atoms with van der Waals surface area (Å²) in [6, 6.07) is 7.86. The molecule has 2 aliphatic rings. The summed E-state index contributed by atoms with van der Waals surface area (Å²) in [6.07, 6.45) is 2.77. The lowest BCUT2D eigenvalue weighted by Crippen LogP contribution is -2.34. The first-order valence-electron chi connectivity index (χ1n) is 8.52. The number of nitrogens with two attached hydrogens (primary N) is 1. The minimum absolute atomic E-state index is 0.0115. The van der Waals surface area contributed by atoms with Gasteiger partial charge in [-0.3, -0.25) is 10.2 Å². The Hall–Kier alpha value is -1.89. The lowest BCUT2D eigenvalue weighted by atomic mass is 10.0. The smallest absolute Gasteiger partial charge is 0.275 e. The Morgan fingerprint density at radius 3 is 2.72 bits per heavy atom. The Bertz CT molecular complexity index is 702. The zero-order chi connectivity index (χ0) is 18.0. The Labute approximate surface area is 152 Å². The summed E-state index contributed by atoms with van der Waals surface area (Å²) >= 11 is 6.01. The SMILES string of the molecule is CCC/C(N)=C(\Cl)C(=N)C(=O)Nc1ccc([C@@H]2O[C@H]3CN[C@@H]2C3)cc1. The van der Waals surface area contributed by atoms with E-state index in [1.165, 1.54) is 0 Å². The summed E-state index contributed by atoms with van der Waals surface area (Å²) in [5, 5.41) is 14.0. The zero-order valence-corrected chi connectivity index (χ0v) is 14.9. The van der Waals surface area contributed by atoms with Crippen LogP contribution < -0.4 is 16.4 Å². The van der Waals surface area contributed by atoms with Crippen LogP contribution in [0.2, 0.25) is 0 Å². The maximum Gasteiger partial charge on any atom is 0.275 e. The summed E-state index contributed by atoms with van der Waals surface area (Å²) in [5.74, 6) is -0.574. The number of morpholine rings is 1. The van der Waals surface area contributed by atoms with Crippen molar-refractivity contribution in [2.24, 2.45) is 5.73 Å². The lowest BCUT2D eigenvalue weighted by molar-refractivity contribution is -0.110. The third-order valence-electron chi connectivity index (χ3n) is 4.57. The number of nitrogens with one attached hydrogen (secondary N) is 3. The van der Waals surface area contributed by atoms with Gasteiger partial charge in [0.2, 0.25) is 0 Å². The first-order chi connectivity index (χ1) is 12.0. The summed E-state index contributed by atoms with van der Waals surface area (Å²) < 4.78 is 5.96. The van der Waals surface area contributed by atoms with Gasteiger partial charge in [-0.1, -0.05) is 37.1 Å². The number of benzene rings is 1. The summed E-state index contributed by atoms with van der Waals surface area (Å²) in [4.78, 5) is 12.2. The molecule has 2 saturated heterocycles. The number of hydrogen-bond donors (Lipinski definition) is 4. The molecule has 2 bridgehead atoms. The number of anilines is 1. The van der Waals surface area contributed by atoms with Crippen LogP contribution in [-0.2, 0) is 9.53 Å². The minimum atomic E-state index is -0.574. The van der Waals surface area contributed by atoms with Gasteiger partial charge < -0.3 is 21.1 Å². The van der Waals surface area contributed by atoms with Crippen LogP contribution in [0.15, 0.2) is 35.0 Å². The van der Waals surface area contributed by atoms with Crippen molar-refractivity contribution in [2.75, 3.05) is 11.9 Å². The maximum absolute atomic E-state index is 12.2. The second-order valence-electron chi connectivity index (χ2n) is 6.47. The standard InChI is InChI=1S/C18H23ClN4O2/c1-2-3-13(20)15(19)16(21)18(24)23-11-6-4-10(5-7-11)17-14-8-12(25-17)9-22-14/h4-7,12,14,17,21-22H,2-3,8-9,20H2,1H3,(H,23,24)/b15-13+,21-16?/t12-,14-,17+/m1/s1. The van der Waals surface area contributed by atoms with Crippen LogP contribution in [0, 0.1) is 5.41 Å². The monoisotopic (exact) mass is 362 g/mol. The lowest BCUT2D eigenvalue weighted by Gasteiger charge is -2.23. The molecule has 134 valence electrons. The third kappa shape index (κ3) is 3.86. The van der Waals surface area contributed by atoms with Crippen molar-refractivity contribution >= 4 is 28.9 Å². The van der Waals surface area contributed by atoms with Crippen molar-refractivity contribution < 1.29 is 9.53 Å². The molecule has 1 amide bonds. The Morgan fingerprint density at radius 2 is 2.16 bits per heavy atom. The summed E-state index contributed by atoms with van der Waals surface area (Å²) in [7, 11) is 0. The number of amides is 1. The molecule has 0 aromatic heterocycles. The van der Waals surface area contributed by atoms with Gasteiger partial charge in [-0.2, -0.15) is 0 Å². The minimum Gasteiger partial charge on any atom is -0.401 e. The highest BCUT2D eigenvalue weighted by Crippen LogP contribution is 2.37. The predicted octanol–water partition coefficient (Wildman–Crippen LogP) is 2.66. The highest BCUT2D eigenvalue weighted by Gasteiger charge is 2.41. The Morgan fingerprint density at radius 1 is 1.44 bits per heavy atom. The van der Waals surface area contributed by atoms with Crippen LogP contribution in [0.25, 0.3) is 0 Å². The molecule has 1 aromatic carbocycles. The van der Waals surface area contributed by atoms with Gasteiger partial charge in [0.25, 0.3) is 5.91 Å². The van der Waals surface area contributed by atoms with Gasteiger partial charge in [0.05, 0.1) is 17.2 Å². The molecule has 0 spiro atoms. The van der Waals surface area contributed by atoms with Crippen LogP contribution in [0.4, 0.5) is 5.69 Å². The molecule has 2 fully saturated rings. The predicted molar refractivity (Wildman–Crippen MR) is 98.8 cm³/mol. The van der Waals surface area contributed by atoms with E-state index in [1.54, 1.807) is 0 Å². The number of allylic oxidation sites excluding steroid dienone is 1. The van der Waals surface area contributed by atoms with Gasteiger partial charge in [0.15, 0.2) is 0 Å². The Kier molecular flexibility index (Phi) is 5.42. The van der Waals surface area contributed by atoms with E-state index in [0.717, 1.165) is 24.9 Å². The van der Waals surface area contributed by atoms with E-state index in [4.69, 9.17) is 27.5 Å². The molecule has 2 aliphatic heterocycles. The third-order valence-corrected chi connectivity index (χ3v) is 5.01. The van der Waals surface area contributed by atoms with Crippen molar-refractivity contribution in [1.82, 2.24) is 5.32 Å². The fourth-order valence-corrected chi connectivity index (χ4v) is 3.45. The number of fused-ring (bicyclic) bond motifs is 2. The van der Waals surface area contributed by atoms with Crippen LogP contribution in [0.5, 0.6) is 0 Å². The first kappa shape index (κ1) is 17.9. The van der Waals surface area contributed by atoms with E-state index in [2.05, 4.69) is 10.6 Å². The van der Waals surface area contributed by atoms with Gasteiger partial charge in [-0.15, -0.1) is 0 Å². The molecule has 3 rings (SSSR count). The average Bonchev–Trinajstić information content (AvgIpc) is 3.24. The first-order valence-corrected chi connectivity index (χ1v) is 8.90. The number of rotatable bonds is 6. The summed E-state index contributed by atoms with van der Waals surface area (Å²) in [5.41, 5.74) is 7.51. The molecule has 0 radical (unpaired) electrons. The number of carbonyl (C=O) groups is 1. The van der Waals surface area contributed by atoms with E-state index >= 15 is 0 Å². The van der Waals surface area contributed by atoms with Crippen molar-refractivity contribution in [2.45, 2.75) is 44.4 Å². The van der Waals surface area contributed by atoms with Gasteiger partial charge >= 0.3 is 0 Å². The zero-order valence-electron chi connectivity index (χ0n) is 14.1. The fourth-order valence-electron chi connectivity index (χ4n) is 3.27. The largest absolute Gasteiger partial charge is 0.401 e. The normalized spacial score (nSPS) is 25.6. The van der Waals surface area contributed by atoms with Crippen molar-refractivity contribution in [1.29, 1.82) is 5.41 Å². The van der Waals surface area contributed by atoms with Gasteiger partial charge in [0.1, 0.15) is 5.71 Å². The molecular formula is C18H23ClN4O2. The molecule has 7 heteroatoms. The molecule has 1 aromatic rings. The van der Waals surface area contributed by atoms with Gasteiger partial charge in [-0.05, 0) is 30.5 Å². The second kappa shape index (κ2) is 7.56. The van der Waals surface area contributed by atoms with E-state index in [0.29, 0.717) is 30.0 Å². The molecule has 0 saturated carbocycles. The van der Waals surface area contributed by atoms with Crippen LogP contribution >= 0.6 is 11.6 Å². The van der Waals surface area contributed by atoms with E-state index in [9.17, 15) is 4.79 Å². The topological polar surface area (TPSA) is 100 Å². The average molecular weight is 363 g/mol. The molecule has 0 unspecified atom stereocenters. The Balaban J connectivity index is 1.62. The second-order valence-corrected chi connectivity index (χ2v) is 6.85. The molecule has 3 atom stereocenters. The molecule has 5 N–H and O–H groups in total. The number of ether oxygens (including phenoxy) is 1. The maximum atomic E-state index is 12.2. The highest BCUT2D eigenvalue weighted by atomic mass is 35.5. The van der Waals surface area contributed by atoms with Crippen molar-refractivity contribution in [3.63, 3.8) is 0 Å².